The number of nitrogens with zero attached hydrogens (tertiary/aromatic N) is 4. The predicted molar refractivity (Wildman–Crippen MR) is 106 cm³/mol. The van der Waals surface area contributed by atoms with Crippen LogP contribution in [0.15, 0.2) is 53.8 Å². The Labute approximate surface area is 178 Å². The Morgan fingerprint density at radius 2 is 1.88 bits per heavy atom. The van der Waals surface area contributed by atoms with Crippen molar-refractivity contribution in [2.75, 3.05) is 7.05 Å². The molecule has 0 radical (unpaired) electrons. The molecule has 0 bridgehead atoms. The van der Waals surface area contributed by atoms with E-state index in [1.807, 2.05) is 0 Å². The Hall–Kier alpha value is -4.33. The summed E-state index contributed by atoms with van der Waals surface area (Å²) in [6, 6.07) is 7.81. The van der Waals surface area contributed by atoms with Gasteiger partial charge in [-0.25, -0.2) is 9.38 Å². The molecule has 0 spiro atoms. The maximum Gasteiger partial charge on any atom is 0.419 e. The summed E-state index contributed by atoms with van der Waals surface area (Å²) in [5.74, 6) is -2.44. The van der Waals surface area contributed by atoms with Crippen LogP contribution in [0.1, 0.15) is 21.6 Å². The number of benzene rings is 1. The van der Waals surface area contributed by atoms with Crippen LogP contribution in [0, 0.1) is 17.1 Å². The van der Waals surface area contributed by atoms with Gasteiger partial charge in [0.25, 0.3) is 5.91 Å². The molecular weight excluding hydrogens is 430 g/mol. The van der Waals surface area contributed by atoms with Crippen molar-refractivity contribution in [3.05, 3.63) is 71.4 Å². The zero-order valence-corrected chi connectivity index (χ0v) is 16.3. The van der Waals surface area contributed by atoms with Crippen molar-refractivity contribution < 1.29 is 27.5 Å². The average molecular weight is 443 g/mol. The van der Waals surface area contributed by atoms with Crippen molar-refractivity contribution in [2.45, 2.75) is 6.18 Å². The maximum absolute atomic E-state index is 13.5. The van der Waals surface area contributed by atoms with Gasteiger partial charge in [0.1, 0.15) is 23.3 Å². The number of halogens is 4. The van der Waals surface area contributed by atoms with Crippen LogP contribution < -0.4 is 5.32 Å². The van der Waals surface area contributed by atoms with Gasteiger partial charge in [0.2, 0.25) is 0 Å². The number of carbonyl (C=O) groups excluding carboxylic acids is 1. The summed E-state index contributed by atoms with van der Waals surface area (Å²) in [5.41, 5.74) is -2.06. The van der Waals surface area contributed by atoms with Gasteiger partial charge in [0, 0.05) is 25.0 Å². The number of aromatic nitrogens is 2. The van der Waals surface area contributed by atoms with Gasteiger partial charge in [0.15, 0.2) is 11.5 Å². The number of amides is 1. The smallest absolute Gasteiger partial charge is 0.419 e. The number of nitriles is 1. The summed E-state index contributed by atoms with van der Waals surface area (Å²) < 4.78 is 52.4. The molecule has 0 saturated heterocycles. The average Bonchev–Trinajstić information content (AvgIpc) is 2.77. The number of aromatic hydroxyl groups is 1. The van der Waals surface area contributed by atoms with Gasteiger partial charge in [-0.2, -0.15) is 18.4 Å². The highest BCUT2D eigenvalue weighted by atomic mass is 19.4. The molecule has 0 unspecified atom stereocenters. The first-order chi connectivity index (χ1) is 15.2. The molecule has 0 aliphatic rings. The van der Waals surface area contributed by atoms with Crippen molar-refractivity contribution in [1.29, 1.82) is 5.26 Å². The molecule has 0 atom stereocenters. The molecule has 2 N–H and O–H groups in total. The molecule has 2 heterocycles. The molecule has 0 fully saturated rings. The minimum absolute atomic E-state index is 0.00640. The van der Waals surface area contributed by atoms with Crippen LogP contribution in [0.25, 0.3) is 11.3 Å². The largest absolute Gasteiger partial charge is 0.505 e. The highest BCUT2D eigenvalue weighted by molar-refractivity contribution is 6.15. The molecule has 7 nitrogen and oxygen atoms in total. The SMILES string of the molecule is CNC(=O)c1cc(-c2nccc(/C(C#N)=N/c3ccc(F)c(C(F)(F)F)c3)c2O)ccn1. The van der Waals surface area contributed by atoms with Gasteiger partial charge < -0.3 is 10.4 Å². The zero-order valence-electron chi connectivity index (χ0n) is 16.3. The van der Waals surface area contributed by atoms with E-state index in [0.29, 0.717) is 17.7 Å². The minimum atomic E-state index is -4.95. The van der Waals surface area contributed by atoms with E-state index in [4.69, 9.17) is 0 Å². The monoisotopic (exact) mass is 443 g/mol. The van der Waals surface area contributed by atoms with Crippen molar-refractivity contribution in [1.82, 2.24) is 15.3 Å². The first-order valence-corrected chi connectivity index (χ1v) is 8.88. The lowest BCUT2D eigenvalue weighted by atomic mass is 10.0. The van der Waals surface area contributed by atoms with E-state index in [1.165, 1.54) is 37.6 Å². The lowest BCUT2D eigenvalue weighted by Gasteiger charge is -2.10. The van der Waals surface area contributed by atoms with E-state index in [-0.39, 0.29) is 22.6 Å². The topological polar surface area (TPSA) is 111 Å². The molecule has 11 heteroatoms. The van der Waals surface area contributed by atoms with Crippen LogP contribution in [-0.4, -0.2) is 33.7 Å². The molecular formula is C21H13F4N5O2. The Morgan fingerprint density at radius 3 is 2.53 bits per heavy atom. The lowest BCUT2D eigenvalue weighted by molar-refractivity contribution is -0.139. The van der Waals surface area contributed by atoms with E-state index in [2.05, 4.69) is 20.3 Å². The number of rotatable bonds is 4. The van der Waals surface area contributed by atoms with Gasteiger partial charge in [-0.05, 0) is 36.4 Å². The molecule has 3 rings (SSSR count). The third-order valence-electron chi connectivity index (χ3n) is 4.27. The zero-order chi connectivity index (χ0) is 23.5. The number of pyridine rings is 2. The normalized spacial score (nSPS) is 11.7. The Bertz CT molecular complexity index is 1270. The fourth-order valence-electron chi connectivity index (χ4n) is 2.76. The summed E-state index contributed by atoms with van der Waals surface area (Å²) in [6.07, 6.45) is -2.37. The molecule has 0 aliphatic carbocycles. The summed E-state index contributed by atoms with van der Waals surface area (Å²) >= 11 is 0. The molecule has 0 saturated carbocycles. The standard InChI is InChI=1S/C21H13F4N5O2/c1-27-20(32)16-8-11(4-6-28-16)18-19(31)13(5-7-29-18)17(10-26)30-12-2-3-15(22)14(9-12)21(23,24)25/h2-9,31H,1H3,(H,27,32)/b30-17+. The van der Waals surface area contributed by atoms with E-state index in [0.717, 1.165) is 6.07 Å². The highest BCUT2D eigenvalue weighted by Crippen LogP contribution is 2.35. The second-order valence-electron chi connectivity index (χ2n) is 6.30. The van der Waals surface area contributed by atoms with Gasteiger partial charge in [-0.3, -0.25) is 14.8 Å². The summed E-state index contributed by atoms with van der Waals surface area (Å²) in [5, 5.41) is 22.6. The van der Waals surface area contributed by atoms with Crippen LogP contribution in [0.3, 0.4) is 0 Å². The predicted octanol–water partition coefficient (Wildman–Crippen LogP) is 4.01. The number of aliphatic imine (C=N–C) groups is 1. The Kier molecular flexibility index (Phi) is 6.15. The van der Waals surface area contributed by atoms with Crippen LogP contribution in [-0.2, 0) is 6.18 Å². The highest BCUT2D eigenvalue weighted by Gasteiger charge is 2.34. The van der Waals surface area contributed by atoms with Gasteiger partial charge in [0.05, 0.1) is 16.8 Å². The van der Waals surface area contributed by atoms with Crippen molar-refractivity contribution in [3.8, 4) is 23.1 Å². The lowest BCUT2D eigenvalue weighted by Crippen LogP contribution is -2.19. The van der Waals surface area contributed by atoms with E-state index in [1.54, 1.807) is 6.07 Å². The van der Waals surface area contributed by atoms with Crippen LogP contribution in [0.5, 0.6) is 5.75 Å². The quantitative estimate of drug-likeness (QED) is 0.468. The number of nitrogens with one attached hydrogen (secondary N) is 1. The number of hydrogen-bond acceptors (Lipinski definition) is 6. The number of alkyl halides is 3. The van der Waals surface area contributed by atoms with Crippen molar-refractivity contribution in [3.63, 3.8) is 0 Å². The second kappa shape index (κ2) is 8.81. The van der Waals surface area contributed by atoms with E-state index >= 15 is 0 Å². The maximum atomic E-state index is 13.5. The molecule has 32 heavy (non-hydrogen) atoms. The molecule has 162 valence electrons. The molecule has 2 aromatic heterocycles. The number of carbonyl (C=O) groups is 1. The molecule has 3 aromatic rings. The van der Waals surface area contributed by atoms with Gasteiger partial charge in [-0.1, -0.05) is 0 Å². The minimum Gasteiger partial charge on any atom is -0.505 e. The summed E-state index contributed by atoms with van der Waals surface area (Å²) in [4.78, 5) is 23.6. The number of hydrogen-bond donors (Lipinski definition) is 2. The Morgan fingerprint density at radius 1 is 1.16 bits per heavy atom. The fraction of sp³-hybridized carbons (Fsp3) is 0.0952. The second-order valence-corrected chi connectivity index (χ2v) is 6.30. The molecule has 0 aliphatic heterocycles. The first kappa shape index (κ1) is 22.4. The van der Waals surface area contributed by atoms with Crippen molar-refractivity contribution >= 4 is 17.3 Å². The Balaban J connectivity index is 2.09. The first-order valence-electron chi connectivity index (χ1n) is 8.88. The molecule has 1 aromatic carbocycles. The summed E-state index contributed by atoms with van der Waals surface area (Å²) in [6.45, 7) is 0. The van der Waals surface area contributed by atoms with Crippen LogP contribution >= 0.6 is 0 Å². The van der Waals surface area contributed by atoms with Crippen LogP contribution in [0.4, 0.5) is 23.2 Å². The third-order valence-corrected chi connectivity index (χ3v) is 4.27. The van der Waals surface area contributed by atoms with Gasteiger partial charge >= 0.3 is 6.18 Å². The van der Waals surface area contributed by atoms with Crippen molar-refractivity contribution in [2.24, 2.45) is 4.99 Å². The fourth-order valence-corrected chi connectivity index (χ4v) is 2.76. The van der Waals surface area contributed by atoms with E-state index < -0.39 is 34.9 Å². The van der Waals surface area contributed by atoms with Gasteiger partial charge in [-0.15, -0.1) is 0 Å². The van der Waals surface area contributed by atoms with Crippen LogP contribution in [0.2, 0.25) is 0 Å². The van der Waals surface area contributed by atoms with E-state index in [9.17, 15) is 32.7 Å². The summed E-state index contributed by atoms with van der Waals surface area (Å²) in [7, 11) is 1.42. The molecule has 1 amide bonds. The third kappa shape index (κ3) is 4.54.